The fourth-order valence-corrected chi connectivity index (χ4v) is 3.49. The number of hydrogen-bond acceptors (Lipinski definition) is 5. The maximum absolute atomic E-state index is 14.4. The SMILES string of the molecule is CC(C)(C#N)N1CCN(c2cc(F)cc(B3OC(C)(C)C(C)(C)O3)c2)CC1. The van der Waals surface area contributed by atoms with Crippen molar-refractivity contribution < 1.29 is 13.7 Å². The number of benzene rings is 1. The Balaban J connectivity index is 1.77. The lowest BCUT2D eigenvalue weighted by Crippen LogP contribution is -2.54. The van der Waals surface area contributed by atoms with Crippen molar-refractivity contribution in [3.05, 3.63) is 24.0 Å². The molecule has 0 unspecified atom stereocenters. The van der Waals surface area contributed by atoms with Crippen molar-refractivity contribution in [3.8, 4) is 6.07 Å². The Labute approximate surface area is 162 Å². The molecule has 0 atom stereocenters. The van der Waals surface area contributed by atoms with Crippen LogP contribution in [0.3, 0.4) is 0 Å². The molecule has 0 amide bonds. The normalized spacial score (nSPS) is 22.7. The molecule has 27 heavy (non-hydrogen) atoms. The number of hydrogen-bond donors (Lipinski definition) is 0. The Hall–Kier alpha value is -1.62. The molecule has 2 aliphatic rings. The van der Waals surface area contributed by atoms with E-state index in [1.54, 1.807) is 6.07 Å². The molecule has 0 spiro atoms. The number of piperazine rings is 1. The van der Waals surface area contributed by atoms with Crippen LogP contribution in [0.25, 0.3) is 0 Å². The molecule has 7 heteroatoms. The van der Waals surface area contributed by atoms with Crippen LogP contribution in [0.5, 0.6) is 0 Å². The highest BCUT2D eigenvalue weighted by atomic mass is 19.1. The van der Waals surface area contributed by atoms with Gasteiger partial charge in [0.15, 0.2) is 0 Å². The van der Waals surface area contributed by atoms with E-state index in [2.05, 4.69) is 15.9 Å². The molecule has 0 aliphatic carbocycles. The molecule has 0 bridgehead atoms. The summed E-state index contributed by atoms with van der Waals surface area (Å²) in [6.07, 6.45) is 0. The first-order valence-corrected chi connectivity index (χ1v) is 9.53. The highest BCUT2D eigenvalue weighted by Crippen LogP contribution is 2.36. The Morgan fingerprint density at radius 1 is 1.04 bits per heavy atom. The molecule has 2 aliphatic heterocycles. The highest BCUT2D eigenvalue weighted by molar-refractivity contribution is 6.62. The van der Waals surface area contributed by atoms with Gasteiger partial charge in [0.1, 0.15) is 11.4 Å². The van der Waals surface area contributed by atoms with Gasteiger partial charge in [-0.1, -0.05) is 0 Å². The minimum absolute atomic E-state index is 0.294. The minimum atomic E-state index is -0.580. The zero-order chi connectivity index (χ0) is 20.0. The van der Waals surface area contributed by atoms with Crippen LogP contribution in [0, 0.1) is 17.1 Å². The monoisotopic (exact) mass is 373 g/mol. The lowest BCUT2D eigenvalue weighted by molar-refractivity contribution is 0.00578. The summed E-state index contributed by atoms with van der Waals surface area (Å²) < 4.78 is 26.5. The van der Waals surface area contributed by atoms with Gasteiger partial charge in [-0.2, -0.15) is 5.26 Å². The summed E-state index contributed by atoms with van der Waals surface area (Å²) in [6, 6.07) is 7.35. The molecule has 0 radical (unpaired) electrons. The lowest BCUT2D eigenvalue weighted by Gasteiger charge is -2.41. The first kappa shape index (κ1) is 20.1. The molecule has 0 saturated carbocycles. The van der Waals surface area contributed by atoms with E-state index < -0.39 is 23.9 Å². The quantitative estimate of drug-likeness (QED) is 0.763. The van der Waals surface area contributed by atoms with Gasteiger partial charge in [-0.3, -0.25) is 4.90 Å². The molecule has 2 saturated heterocycles. The van der Waals surface area contributed by atoms with E-state index in [0.717, 1.165) is 31.9 Å². The smallest absolute Gasteiger partial charge is 0.399 e. The summed E-state index contributed by atoms with van der Waals surface area (Å²) in [4.78, 5) is 4.32. The van der Waals surface area contributed by atoms with Crippen LogP contribution in [-0.4, -0.2) is 54.9 Å². The highest BCUT2D eigenvalue weighted by Gasteiger charge is 2.51. The first-order chi connectivity index (χ1) is 12.4. The maximum Gasteiger partial charge on any atom is 0.495 e. The van der Waals surface area contributed by atoms with Gasteiger partial charge < -0.3 is 14.2 Å². The second-order valence-corrected chi connectivity index (χ2v) is 8.98. The molecule has 3 rings (SSSR count). The van der Waals surface area contributed by atoms with Gasteiger partial charge in [-0.05, 0) is 65.2 Å². The topological polar surface area (TPSA) is 48.7 Å². The number of halogens is 1. The van der Waals surface area contributed by atoms with Crippen molar-refractivity contribution in [3.63, 3.8) is 0 Å². The van der Waals surface area contributed by atoms with Crippen molar-refractivity contribution in [1.29, 1.82) is 5.26 Å². The molecule has 2 heterocycles. The van der Waals surface area contributed by atoms with Crippen molar-refractivity contribution >= 4 is 18.3 Å². The summed E-state index contributed by atoms with van der Waals surface area (Å²) in [5, 5.41) is 9.33. The third-order valence-electron chi connectivity index (χ3n) is 6.14. The van der Waals surface area contributed by atoms with E-state index in [1.807, 2.05) is 47.6 Å². The van der Waals surface area contributed by atoms with Crippen LogP contribution in [-0.2, 0) is 9.31 Å². The molecule has 2 fully saturated rings. The van der Waals surface area contributed by atoms with E-state index in [9.17, 15) is 9.65 Å². The molecule has 146 valence electrons. The van der Waals surface area contributed by atoms with Crippen LogP contribution >= 0.6 is 0 Å². The zero-order valence-corrected chi connectivity index (χ0v) is 17.2. The van der Waals surface area contributed by atoms with Gasteiger partial charge >= 0.3 is 7.12 Å². The first-order valence-electron chi connectivity index (χ1n) is 9.53. The molecule has 1 aromatic carbocycles. The molecule has 0 N–H and O–H groups in total. The second kappa shape index (κ2) is 6.77. The second-order valence-electron chi connectivity index (χ2n) is 8.98. The summed E-state index contributed by atoms with van der Waals surface area (Å²) in [5.41, 5.74) is 0.122. The predicted molar refractivity (Wildman–Crippen MR) is 106 cm³/mol. The number of anilines is 1. The third-order valence-corrected chi connectivity index (χ3v) is 6.14. The van der Waals surface area contributed by atoms with Gasteiger partial charge in [0.05, 0.1) is 17.3 Å². The van der Waals surface area contributed by atoms with Gasteiger partial charge in [0.2, 0.25) is 0 Å². The molecule has 5 nitrogen and oxygen atoms in total. The Kier molecular flexibility index (Phi) is 5.05. The molecule has 1 aromatic rings. The Morgan fingerprint density at radius 3 is 2.11 bits per heavy atom. The van der Waals surface area contributed by atoms with E-state index >= 15 is 0 Å². The minimum Gasteiger partial charge on any atom is -0.399 e. The van der Waals surface area contributed by atoms with Gasteiger partial charge in [0.25, 0.3) is 0 Å². The Bertz CT molecular complexity index is 736. The summed E-state index contributed by atoms with van der Waals surface area (Å²) >= 11 is 0. The van der Waals surface area contributed by atoms with Gasteiger partial charge in [-0.15, -0.1) is 0 Å². The summed E-state index contributed by atoms with van der Waals surface area (Å²) in [7, 11) is -0.580. The van der Waals surface area contributed by atoms with Gasteiger partial charge in [0, 0.05) is 31.9 Å². The van der Waals surface area contributed by atoms with Gasteiger partial charge in [-0.25, -0.2) is 4.39 Å². The Morgan fingerprint density at radius 2 is 1.59 bits per heavy atom. The van der Waals surface area contributed by atoms with E-state index in [0.29, 0.717) is 5.46 Å². The van der Waals surface area contributed by atoms with Crippen LogP contribution in [0.15, 0.2) is 18.2 Å². The molecular weight excluding hydrogens is 344 g/mol. The van der Waals surface area contributed by atoms with Crippen LogP contribution in [0.2, 0.25) is 0 Å². The van der Waals surface area contributed by atoms with E-state index in [1.165, 1.54) is 6.07 Å². The average molecular weight is 373 g/mol. The average Bonchev–Trinajstić information content (AvgIpc) is 2.82. The summed E-state index contributed by atoms with van der Waals surface area (Å²) in [5.74, 6) is -0.294. The maximum atomic E-state index is 14.4. The largest absolute Gasteiger partial charge is 0.495 e. The van der Waals surface area contributed by atoms with Crippen molar-refractivity contribution in [1.82, 2.24) is 4.90 Å². The van der Waals surface area contributed by atoms with Crippen LogP contribution in [0.1, 0.15) is 41.5 Å². The van der Waals surface area contributed by atoms with Crippen LogP contribution in [0.4, 0.5) is 10.1 Å². The molecular formula is C20H29BFN3O2. The lowest BCUT2D eigenvalue weighted by atomic mass is 9.78. The fraction of sp³-hybridized carbons (Fsp3) is 0.650. The fourth-order valence-electron chi connectivity index (χ4n) is 3.49. The van der Waals surface area contributed by atoms with E-state index in [-0.39, 0.29) is 5.82 Å². The predicted octanol–water partition coefficient (Wildman–Crippen LogP) is 2.55. The zero-order valence-electron chi connectivity index (χ0n) is 17.2. The van der Waals surface area contributed by atoms with Crippen molar-refractivity contribution in [2.45, 2.75) is 58.3 Å². The molecule has 0 aromatic heterocycles. The number of rotatable bonds is 3. The van der Waals surface area contributed by atoms with Crippen LogP contribution < -0.4 is 10.4 Å². The standard InChI is InChI=1S/C20H29BFN3O2/c1-18(2,14-23)25-9-7-24(8-10-25)17-12-15(11-16(22)13-17)21-26-19(3,4)20(5,6)27-21/h11-13H,7-10H2,1-6H3. The number of nitriles is 1. The third kappa shape index (κ3) is 3.84. The summed E-state index contributed by atoms with van der Waals surface area (Å²) in [6.45, 7) is 14.8. The van der Waals surface area contributed by atoms with Crippen molar-refractivity contribution in [2.75, 3.05) is 31.1 Å². The number of nitrogens with zero attached hydrogens (tertiary/aromatic N) is 3. The van der Waals surface area contributed by atoms with Crippen molar-refractivity contribution in [2.24, 2.45) is 0 Å². The van der Waals surface area contributed by atoms with E-state index in [4.69, 9.17) is 9.31 Å².